The van der Waals surface area contributed by atoms with E-state index in [4.69, 9.17) is 4.74 Å². The molecule has 0 unspecified atom stereocenters. The number of hydrogen-bond donors (Lipinski definition) is 1. The smallest absolute Gasteiger partial charge is 0.256 e. The number of carbonyl (C=O) groups excluding carboxylic acids is 1. The maximum absolute atomic E-state index is 12.3. The Morgan fingerprint density at radius 2 is 1.91 bits per heavy atom. The predicted octanol–water partition coefficient (Wildman–Crippen LogP) is 2.97. The number of benzene rings is 2. The van der Waals surface area contributed by atoms with E-state index < -0.39 is 9.84 Å². The molecule has 0 fully saturated rings. The molecule has 0 aromatic heterocycles. The molecule has 2 rings (SSSR count). The van der Waals surface area contributed by atoms with E-state index in [-0.39, 0.29) is 18.3 Å². The third-order valence-electron chi connectivity index (χ3n) is 2.93. The van der Waals surface area contributed by atoms with Gasteiger partial charge in [-0.25, -0.2) is 8.42 Å². The molecule has 23 heavy (non-hydrogen) atoms. The molecule has 1 N–H and O–H groups in total. The van der Waals surface area contributed by atoms with Gasteiger partial charge in [-0.15, -0.1) is 0 Å². The van der Waals surface area contributed by atoms with Crippen LogP contribution >= 0.6 is 22.6 Å². The Labute approximate surface area is 149 Å². The number of hydrogen-bond acceptors (Lipinski definition) is 4. The van der Waals surface area contributed by atoms with Crippen LogP contribution in [-0.4, -0.2) is 32.9 Å². The third kappa shape index (κ3) is 5.83. The van der Waals surface area contributed by atoms with E-state index in [0.717, 1.165) is 9.83 Å². The zero-order chi connectivity index (χ0) is 16.9. The van der Waals surface area contributed by atoms with Gasteiger partial charge in [0.05, 0.1) is 11.3 Å². The molecule has 5 nitrogen and oxygen atoms in total. The molecule has 0 bridgehead atoms. The van der Waals surface area contributed by atoms with E-state index >= 15 is 0 Å². The van der Waals surface area contributed by atoms with Gasteiger partial charge in [-0.05, 0) is 46.9 Å². The molecule has 2 aromatic carbocycles. The van der Waals surface area contributed by atoms with Gasteiger partial charge in [0.15, 0.2) is 9.84 Å². The highest BCUT2D eigenvalue weighted by molar-refractivity contribution is 14.1. The number of carbonyl (C=O) groups is 1. The van der Waals surface area contributed by atoms with E-state index in [1.165, 1.54) is 0 Å². The first-order valence-corrected chi connectivity index (χ1v) is 9.95. The van der Waals surface area contributed by atoms with E-state index in [9.17, 15) is 13.2 Å². The Morgan fingerprint density at radius 1 is 1.17 bits per heavy atom. The average Bonchev–Trinajstić information content (AvgIpc) is 2.46. The van der Waals surface area contributed by atoms with Crippen LogP contribution < -0.4 is 10.1 Å². The summed E-state index contributed by atoms with van der Waals surface area (Å²) >= 11 is 2.11. The molecule has 0 radical (unpaired) electrons. The van der Waals surface area contributed by atoms with Gasteiger partial charge in [-0.2, -0.15) is 0 Å². The zero-order valence-corrected chi connectivity index (χ0v) is 15.4. The average molecular weight is 445 g/mol. The largest absolute Gasteiger partial charge is 0.492 e. The first-order chi connectivity index (χ1) is 10.8. The number of ether oxygens (including phenoxy) is 1. The van der Waals surface area contributed by atoms with Crippen molar-refractivity contribution in [3.63, 3.8) is 0 Å². The van der Waals surface area contributed by atoms with Crippen LogP contribution in [0.3, 0.4) is 0 Å². The molecule has 7 heteroatoms. The van der Waals surface area contributed by atoms with Crippen LogP contribution in [0.5, 0.6) is 5.75 Å². The number of sulfone groups is 1. The van der Waals surface area contributed by atoms with E-state index in [1.807, 2.05) is 18.2 Å². The first kappa shape index (κ1) is 17.7. The predicted molar refractivity (Wildman–Crippen MR) is 98.8 cm³/mol. The van der Waals surface area contributed by atoms with Crippen LogP contribution in [0.1, 0.15) is 10.4 Å². The van der Waals surface area contributed by atoms with Crippen molar-refractivity contribution in [1.82, 2.24) is 0 Å². The molecule has 0 saturated carbocycles. The monoisotopic (exact) mass is 445 g/mol. The van der Waals surface area contributed by atoms with Crippen molar-refractivity contribution in [3.8, 4) is 5.75 Å². The lowest BCUT2D eigenvalue weighted by atomic mass is 10.2. The molecule has 0 aliphatic carbocycles. The van der Waals surface area contributed by atoms with Gasteiger partial charge in [0, 0.05) is 21.6 Å². The molecule has 0 atom stereocenters. The van der Waals surface area contributed by atoms with Crippen LogP contribution in [-0.2, 0) is 9.84 Å². The minimum atomic E-state index is -3.06. The highest BCUT2D eigenvalue weighted by Gasteiger charge is 2.10. The second kappa shape index (κ2) is 7.78. The standard InChI is InChI=1S/C16H16INO4S/c1-23(20,21)10-9-22-13-6-4-5-12(11-13)18-16(19)14-7-2-3-8-15(14)17/h2-8,11H,9-10H2,1H3,(H,18,19). The van der Waals surface area contributed by atoms with Crippen LogP contribution in [0.2, 0.25) is 0 Å². The van der Waals surface area contributed by atoms with Crippen molar-refractivity contribution in [2.45, 2.75) is 0 Å². The summed E-state index contributed by atoms with van der Waals surface area (Å²) in [5, 5.41) is 2.80. The van der Waals surface area contributed by atoms with Gasteiger partial charge >= 0.3 is 0 Å². The van der Waals surface area contributed by atoms with Gasteiger partial charge in [0.2, 0.25) is 0 Å². The van der Waals surface area contributed by atoms with Gasteiger partial charge in [0.25, 0.3) is 5.91 Å². The lowest BCUT2D eigenvalue weighted by Gasteiger charge is -2.09. The fourth-order valence-electron chi connectivity index (χ4n) is 1.82. The van der Waals surface area contributed by atoms with Crippen LogP contribution in [0.15, 0.2) is 48.5 Å². The van der Waals surface area contributed by atoms with Crippen molar-refractivity contribution in [2.75, 3.05) is 23.9 Å². The van der Waals surface area contributed by atoms with Crippen molar-refractivity contribution < 1.29 is 17.9 Å². The maximum atomic E-state index is 12.3. The normalized spacial score (nSPS) is 11.0. The molecule has 0 aliphatic heterocycles. The molecular weight excluding hydrogens is 429 g/mol. The lowest BCUT2D eigenvalue weighted by molar-refractivity contribution is 0.102. The van der Waals surface area contributed by atoms with Crippen molar-refractivity contribution in [3.05, 3.63) is 57.7 Å². The quantitative estimate of drug-likeness (QED) is 0.695. The number of amides is 1. The Hall–Kier alpha value is -1.61. The van der Waals surface area contributed by atoms with E-state index in [2.05, 4.69) is 27.9 Å². The lowest BCUT2D eigenvalue weighted by Crippen LogP contribution is -2.14. The van der Waals surface area contributed by atoms with Gasteiger partial charge in [-0.3, -0.25) is 4.79 Å². The molecule has 2 aromatic rings. The molecule has 0 spiro atoms. The topological polar surface area (TPSA) is 72.5 Å². The molecule has 0 saturated heterocycles. The second-order valence-corrected chi connectivity index (χ2v) is 8.36. The summed E-state index contributed by atoms with van der Waals surface area (Å²) in [6.45, 7) is 0.0762. The summed E-state index contributed by atoms with van der Waals surface area (Å²) in [4.78, 5) is 12.3. The molecule has 0 heterocycles. The Bertz CT molecular complexity index is 805. The van der Waals surface area contributed by atoms with Crippen LogP contribution in [0.25, 0.3) is 0 Å². The summed E-state index contributed by atoms with van der Waals surface area (Å²) in [6.07, 6.45) is 1.16. The number of rotatable bonds is 6. The number of nitrogens with one attached hydrogen (secondary N) is 1. The van der Waals surface area contributed by atoms with Gasteiger partial charge in [0.1, 0.15) is 12.4 Å². The van der Waals surface area contributed by atoms with Crippen molar-refractivity contribution >= 4 is 44.0 Å². The van der Waals surface area contributed by atoms with Crippen molar-refractivity contribution in [2.24, 2.45) is 0 Å². The SMILES string of the molecule is CS(=O)(=O)CCOc1cccc(NC(=O)c2ccccc2I)c1. The summed E-state index contributed by atoms with van der Waals surface area (Å²) in [7, 11) is -3.06. The fourth-order valence-corrected chi connectivity index (χ4v) is 2.84. The molecule has 0 aliphatic rings. The molecule has 122 valence electrons. The summed E-state index contributed by atoms with van der Waals surface area (Å²) in [5.41, 5.74) is 1.18. The summed E-state index contributed by atoms with van der Waals surface area (Å²) in [5.74, 6) is 0.253. The van der Waals surface area contributed by atoms with Crippen LogP contribution in [0, 0.1) is 3.57 Å². The van der Waals surface area contributed by atoms with Gasteiger partial charge in [-0.1, -0.05) is 18.2 Å². The number of halogens is 1. The minimum absolute atomic E-state index is 0.0498. The van der Waals surface area contributed by atoms with Gasteiger partial charge < -0.3 is 10.1 Å². The second-order valence-electron chi connectivity index (χ2n) is 4.94. The molecule has 1 amide bonds. The van der Waals surface area contributed by atoms with Crippen LogP contribution in [0.4, 0.5) is 5.69 Å². The van der Waals surface area contributed by atoms with E-state index in [1.54, 1.807) is 30.3 Å². The minimum Gasteiger partial charge on any atom is -0.492 e. The fraction of sp³-hybridized carbons (Fsp3) is 0.188. The van der Waals surface area contributed by atoms with Crippen molar-refractivity contribution in [1.29, 1.82) is 0 Å². The Morgan fingerprint density at radius 3 is 2.61 bits per heavy atom. The maximum Gasteiger partial charge on any atom is 0.256 e. The first-order valence-electron chi connectivity index (χ1n) is 6.81. The summed E-state index contributed by atoms with van der Waals surface area (Å²) < 4.78 is 28.4. The number of anilines is 1. The summed E-state index contributed by atoms with van der Waals surface area (Å²) in [6, 6.07) is 14.2. The van der Waals surface area contributed by atoms with E-state index in [0.29, 0.717) is 17.0 Å². The third-order valence-corrected chi connectivity index (χ3v) is 4.78. The molecular formula is C16H16INO4S. The highest BCUT2D eigenvalue weighted by Crippen LogP contribution is 2.19. The Balaban J connectivity index is 2.02. The Kier molecular flexibility index (Phi) is 6.00. The highest BCUT2D eigenvalue weighted by atomic mass is 127. The zero-order valence-electron chi connectivity index (χ0n) is 12.5.